The zero-order valence-electron chi connectivity index (χ0n) is 14.5. The van der Waals surface area contributed by atoms with Crippen LogP contribution in [0.15, 0.2) is 0 Å². The number of amides is 1. The zero-order valence-corrected chi connectivity index (χ0v) is 15.3. The highest BCUT2D eigenvalue weighted by Crippen LogP contribution is 2.28. The van der Waals surface area contributed by atoms with Crippen molar-refractivity contribution < 1.29 is 9.53 Å². The minimum Gasteiger partial charge on any atom is -0.444 e. The lowest BCUT2D eigenvalue weighted by atomic mass is 9.84. The third-order valence-corrected chi connectivity index (χ3v) is 4.66. The Bertz CT molecular complexity index is 506. The minimum absolute atomic E-state index is 0.162. The van der Waals surface area contributed by atoms with E-state index >= 15 is 0 Å². The van der Waals surface area contributed by atoms with E-state index in [1.165, 1.54) is 43.6 Å². The van der Waals surface area contributed by atoms with Crippen LogP contribution in [0.2, 0.25) is 0 Å². The first-order valence-electron chi connectivity index (χ1n) is 8.37. The van der Waals surface area contributed by atoms with E-state index in [1.54, 1.807) is 0 Å². The molecule has 0 spiro atoms. The molecule has 130 valence electrons. The van der Waals surface area contributed by atoms with Gasteiger partial charge in [0.05, 0.1) is 0 Å². The Hall–Kier alpha value is -1.37. The first-order chi connectivity index (χ1) is 10.8. The van der Waals surface area contributed by atoms with Crippen molar-refractivity contribution in [2.75, 3.05) is 11.9 Å². The molecule has 1 atom stereocenters. The highest BCUT2D eigenvalue weighted by molar-refractivity contribution is 7.09. The molecule has 1 aliphatic carbocycles. The summed E-state index contributed by atoms with van der Waals surface area (Å²) in [4.78, 5) is 16.3. The van der Waals surface area contributed by atoms with Crippen molar-refractivity contribution in [1.82, 2.24) is 14.7 Å². The van der Waals surface area contributed by atoms with Crippen LogP contribution in [0.3, 0.4) is 0 Å². The lowest BCUT2D eigenvalue weighted by Gasteiger charge is -2.31. The molecule has 7 heteroatoms. The van der Waals surface area contributed by atoms with Crippen LogP contribution in [0.25, 0.3) is 0 Å². The Balaban J connectivity index is 1.94. The molecule has 0 aromatic carbocycles. The standard InChI is InChI=1S/C16H28N4O2S/c1-11-18-14(23-20-11)19-13(12-8-6-5-7-9-12)10-17-15(21)22-16(2,3)4/h12-13H,5-10H2,1-4H3,(H,17,21)(H,18,19,20). The van der Waals surface area contributed by atoms with Crippen molar-refractivity contribution in [1.29, 1.82) is 0 Å². The molecule has 0 radical (unpaired) electrons. The van der Waals surface area contributed by atoms with Crippen LogP contribution in [0.1, 0.15) is 58.7 Å². The van der Waals surface area contributed by atoms with Gasteiger partial charge in [-0.05, 0) is 46.5 Å². The molecular formula is C16H28N4O2S. The van der Waals surface area contributed by atoms with E-state index in [0.29, 0.717) is 12.5 Å². The molecule has 1 unspecified atom stereocenters. The van der Waals surface area contributed by atoms with E-state index in [4.69, 9.17) is 4.74 Å². The van der Waals surface area contributed by atoms with Gasteiger partial charge in [0, 0.05) is 24.1 Å². The molecule has 1 saturated carbocycles. The molecular weight excluding hydrogens is 312 g/mol. The first-order valence-corrected chi connectivity index (χ1v) is 9.14. The third kappa shape index (κ3) is 6.33. The van der Waals surface area contributed by atoms with Gasteiger partial charge >= 0.3 is 6.09 Å². The van der Waals surface area contributed by atoms with Crippen molar-refractivity contribution in [2.24, 2.45) is 5.92 Å². The van der Waals surface area contributed by atoms with Gasteiger partial charge in [-0.1, -0.05) is 19.3 Å². The van der Waals surface area contributed by atoms with Gasteiger partial charge in [-0.25, -0.2) is 9.78 Å². The zero-order chi connectivity index (χ0) is 16.9. The average molecular weight is 340 g/mol. The van der Waals surface area contributed by atoms with Crippen molar-refractivity contribution in [2.45, 2.75) is 71.4 Å². The van der Waals surface area contributed by atoms with E-state index in [-0.39, 0.29) is 12.1 Å². The summed E-state index contributed by atoms with van der Waals surface area (Å²) >= 11 is 1.37. The molecule has 1 heterocycles. The second-order valence-electron chi connectivity index (χ2n) is 7.18. The predicted molar refractivity (Wildman–Crippen MR) is 92.9 cm³/mol. The summed E-state index contributed by atoms with van der Waals surface area (Å²) in [6.45, 7) is 8.03. The van der Waals surface area contributed by atoms with Gasteiger partial charge in [0.15, 0.2) is 0 Å². The summed E-state index contributed by atoms with van der Waals surface area (Å²) < 4.78 is 9.54. The van der Waals surface area contributed by atoms with Gasteiger partial charge in [0.25, 0.3) is 0 Å². The van der Waals surface area contributed by atoms with Crippen LogP contribution in [-0.2, 0) is 4.74 Å². The van der Waals surface area contributed by atoms with E-state index in [1.807, 2.05) is 27.7 Å². The summed E-state index contributed by atoms with van der Waals surface area (Å²) in [7, 11) is 0. The number of carbonyl (C=O) groups excluding carboxylic acids is 1. The SMILES string of the molecule is Cc1nsc(NC(CNC(=O)OC(C)(C)C)C2CCCCC2)n1. The van der Waals surface area contributed by atoms with Crippen LogP contribution in [-0.4, -0.2) is 33.6 Å². The maximum Gasteiger partial charge on any atom is 0.407 e. The molecule has 1 amide bonds. The number of rotatable bonds is 5. The molecule has 6 nitrogen and oxygen atoms in total. The number of carbonyl (C=O) groups is 1. The Kier molecular flexibility index (Phi) is 6.21. The number of alkyl carbamates (subject to hydrolysis) is 1. The summed E-state index contributed by atoms with van der Waals surface area (Å²) in [6.07, 6.45) is 5.82. The van der Waals surface area contributed by atoms with Crippen LogP contribution < -0.4 is 10.6 Å². The predicted octanol–water partition coefficient (Wildman–Crippen LogP) is 3.73. The number of nitrogens with one attached hydrogen (secondary N) is 2. The van der Waals surface area contributed by atoms with Crippen LogP contribution >= 0.6 is 11.5 Å². The monoisotopic (exact) mass is 340 g/mol. The molecule has 2 N–H and O–H groups in total. The van der Waals surface area contributed by atoms with Crippen LogP contribution in [0, 0.1) is 12.8 Å². The molecule has 1 aromatic rings. The maximum absolute atomic E-state index is 11.9. The van der Waals surface area contributed by atoms with Gasteiger partial charge in [0.1, 0.15) is 11.4 Å². The van der Waals surface area contributed by atoms with Gasteiger partial charge in [-0.2, -0.15) is 4.37 Å². The lowest BCUT2D eigenvalue weighted by molar-refractivity contribution is 0.0521. The fraction of sp³-hybridized carbons (Fsp3) is 0.812. The second-order valence-corrected chi connectivity index (χ2v) is 7.93. The highest BCUT2D eigenvalue weighted by Gasteiger charge is 2.26. The molecule has 0 bridgehead atoms. The van der Waals surface area contributed by atoms with Crippen molar-refractivity contribution in [3.05, 3.63) is 5.82 Å². The third-order valence-electron chi connectivity index (χ3n) is 3.92. The van der Waals surface area contributed by atoms with E-state index in [2.05, 4.69) is 20.0 Å². The molecule has 1 aromatic heterocycles. The smallest absolute Gasteiger partial charge is 0.407 e. The summed E-state index contributed by atoms with van der Waals surface area (Å²) in [5, 5.41) is 7.18. The average Bonchev–Trinajstić information content (AvgIpc) is 2.88. The quantitative estimate of drug-likeness (QED) is 0.854. The van der Waals surface area contributed by atoms with E-state index in [9.17, 15) is 4.79 Å². The number of hydrogen-bond donors (Lipinski definition) is 2. The van der Waals surface area contributed by atoms with Gasteiger partial charge in [0.2, 0.25) is 5.13 Å². The number of ether oxygens (including phenoxy) is 1. The number of aryl methyl sites for hydroxylation is 1. The van der Waals surface area contributed by atoms with Crippen molar-refractivity contribution >= 4 is 22.8 Å². The Labute approximate surface area is 142 Å². The van der Waals surface area contributed by atoms with Crippen molar-refractivity contribution in [3.8, 4) is 0 Å². The molecule has 1 aliphatic rings. The Morgan fingerprint density at radius 3 is 2.61 bits per heavy atom. The van der Waals surface area contributed by atoms with Gasteiger partial charge < -0.3 is 15.4 Å². The van der Waals surface area contributed by atoms with E-state index < -0.39 is 5.60 Å². The fourth-order valence-corrected chi connectivity index (χ4v) is 3.53. The topological polar surface area (TPSA) is 76.1 Å². The fourth-order valence-electron chi connectivity index (χ4n) is 2.89. The Morgan fingerprint density at radius 2 is 2.04 bits per heavy atom. The largest absolute Gasteiger partial charge is 0.444 e. The van der Waals surface area contributed by atoms with Gasteiger partial charge in [-0.3, -0.25) is 0 Å². The van der Waals surface area contributed by atoms with Gasteiger partial charge in [-0.15, -0.1) is 0 Å². The van der Waals surface area contributed by atoms with E-state index in [0.717, 1.165) is 11.0 Å². The van der Waals surface area contributed by atoms with Crippen molar-refractivity contribution in [3.63, 3.8) is 0 Å². The summed E-state index contributed by atoms with van der Waals surface area (Å²) in [5.74, 6) is 1.32. The number of nitrogens with zero attached hydrogens (tertiary/aromatic N) is 2. The Morgan fingerprint density at radius 1 is 1.35 bits per heavy atom. The number of hydrogen-bond acceptors (Lipinski definition) is 6. The number of anilines is 1. The molecule has 0 aliphatic heterocycles. The van der Waals surface area contributed by atoms with Crippen LogP contribution in [0.4, 0.5) is 9.93 Å². The summed E-state index contributed by atoms with van der Waals surface area (Å²) in [6, 6.07) is 0.162. The van der Waals surface area contributed by atoms with Crippen LogP contribution in [0.5, 0.6) is 0 Å². The molecule has 1 fully saturated rings. The molecule has 23 heavy (non-hydrogen) atoms. The molecule has 2 rings (SSSR count). The lowest BCUT2D eigenvalue weighted by Crippen LogP contribution is -2.43. The normalized spacial score (nSPS) is 17.6. The summed E-state index contributed by atoms with van der Waals surface area (Å²) in [5.41, 5.74) is -0.478. The first kappa shape index (κ1) is 18.0. The second kappa shape index (κ2) is 7.95. The highest BCUT2D eigenvalue weighted by atomic mass is 32.1. The maximum atomic E-state index is 11.9. The minimum atomic E-state index is -0.478. The number of aromatic nitrogens is 2. The molecule has 0 saturated heterocycles.